The van der Waals surface area contributed by atoms with Crippen molar-refractivity contribution < 1.29 is 18.7 Å². The monoisotopic (exact) mass is 385 g/mol. The van der Waals surface area contributed by atoms with Crippen LogP contribution < -0.4 is 15.4 Å². The van der Waals surface area contributed by atoms with Crippen LogP contribution >= 0.6 is 11.6 Å². The van der Waals surface area contributed by atoms with Crippen molar-refractivity contribution in [1.82, 2.24) is 10.3 Å². The van der Waals surface area contributed by atoms with Gasteiger partial charge in [0.2, 0.25) is 0 Å². The summed E-state index contributed by atoms with van der Waals surface area (Å²) < 4.78 is 10.4. The van der Waals surface area contributed by atoms with Gasteiger partial charge in [0.05, 0.1) is 25.6 Å². The molecule has 0 spiro atoms. The molecule has 2 amide bonds. The molecule has 2 N–H and O–H groups in total. The highest BCUT2D eigenvalue weighted by atomic mass is 35.5. The molecule has 0 saturated heterocycles. The Balaban J connectivity index is 1.72. The predicted octanol–water partition coefficient (Wildman–Crippen LogP) is 3.52. The van der Waals surface area contributed by atoms with E-state index >= 15 is 0 Å². The number of nitrogens with one attached hydrogen (secondary N) is 2. The number of benzene rings is 1. The second-order valence-electron chi connectivity index (χ2n) is 5.49. The van der Waals surface area contributed by atoms with Crippen molar-refractivity contribution in [2.45, 2.75) is 6.54 Å². The molecule has 0 aliphatic rings. The Kier molecular flexibility index (Phi) is 5.73. The first-order valence-corrected chi connectivity index (χ1v) is 8.36. The van der Waals surface area contributed by atoms with E-state index in [0.717, 1.165) is 0 Å². The number of carbonyl (C=O) groups is 2. The van der Waals surface area contributed by atoms with E-state index in [2.05, 4.69) is 15.6 Å². The number of anilines is 1. The number of amides is 2. The van der Waals surface area contributed by atoms with Crippen LogP contribution in [0.15, 0.2) is 59.3 Å². The Morgan fingerprint density at radius 3 is 2.78 bits per heavy atom. The molecule has 138 valence electrons. The fourth-order valence-corrected chi connectivity index (χ4v) is 2.51. The lowest BCUT2D eigenvalue weighted by Gasteiger charge is -2.10. The predicted molar refractivity (Wildman–Crippen MR) is 100 cm³/mol. The van der Waals surface area contributed by atoms with E-state index < -0.39 is 5.91 Å². The molecule has 0 atom stereocenters. The summed E-state index contributed by atoms with van der Waals surface area (Å²) in [5.74, 6) is 0.253. The zero-order chi connectivity index (χ0) is 19.2. The summed E-state index contributed by atoms with van der Waals surface area (Å²) in [5.41, 5.74) is 0.798. The van der Waals surface area contributed by atoms with E-state index in [1.807, 2.05) is 0 Å². The van der Waals surface area contributed by atoms with Gasteiger partial charge in [0.15, 0.2) is 0 Å². The number of ether oxygens (including phenoxy) is 1. The number of furan rings is 1. The molecular formula is C19H16ClN3O4. The highest BCUT2D eigenvalue weighted by Gasteiger charge is 2.14. The van der Waals surface area contributed by atoms with Gasteiger partial charge in [-0.1, -0.05) is 11.6 Å². The highest BCUT2D eigenvalue weighted by Crippen LogP contribution is 2.28. The number of nitrogens with zero attached hydrogens (tertiary/aromatic N) is 1. The molecule has 0 unspecified atom stereocenters. The zero-order valence-corrected chi connectivity index (χ0v) is 15.1. The van der Waals surface area contributed by atoms with Crippen molar-refractivity contribution in [2.24, 2.45) is 0 Å². The third-order valence-electron chi connectivity index (χ3n) is 3.67. The zero-order valence-electron chi connectivity index (χ0n) is 14.4. The van der Waals surface area contributed by atoms with Crippen molar-refractivity contribution in [3.63, 3.8) is 0 Å². The van der Waals surface area contributed by atoms with Gasteiger partial charge in [-0.15, -0.1) is 0 Å². The van der Waals surface area contributed by atoms with Crippen LogP contribution in [-0.2, 0) is 6.54 Å². The fourth-order valence-electron chi connectivity index (χ4n) is 2.34. The average Bonchev–Trinajstić information content (AvgIpc) is 3.20. The summed E-state index contributed by atoms with van der Waals surface area (Å²) in [7, 11) is 1.49. The molecule has 2 heterocycles. The summed E-state index contributed by atoms with van der Waals surface area (Å²) in [6.07, 6.45) is 2.92. The summed E-state index contributed by atoms with van der Waals surface area (Å²) in [6, 6.07) is 11.3. The van der Waals surface area contributed by atoms with Crippen LogP contribution in [0.3, 0.4) is 0 Å². The molecule has 8 heteroatoms. The van der Waals surface area contributed by atoms with Gasteiger partial charge in [-0.2, -0.15) is 0 Å². The van der Waals surface area contributed by atoms with Gasteiger partial charge < -0.3 is 19.8 Å². The first kappa shape index (κ1) is 18.5. The number of carbonyl (C=O) groups excluding carboxylic acids is 2. The number of hydrogen-bond acceptors (Lipinski definition) is 5. The van der Waals surface area contributed by atoms with Crippen LogP contribution in [-0.4, -0.2) is 23.9 Å². The maximum atomic E-state index is 12.5. The lowest BCUT2D eigenvalue weighted by Crippen LogP contribution is -2.23. The van der Waals surface area contributed by atoms with Crippen LogP contribution in [0.4, 0.5) is 5.69 Å². The summed E-state index contributed by atoms with van der Waals surface area (Å²) >= 11 is 5.96. The summed E-state index contributed by atoms with van der Waals surface area (Å²) in [4.78, 5) is 28.8. The third-order valence-corrected chi connectivity index (χ3v) is 3.90. The van der Waals surface area contributed by atoms with Crippen LogP contribution in [0.2, 0.25) is 5.02 Å². The molecule has 3 aromatic rings. The first-order valence-electron chi connectivity index (χ1n) is 7.98. The smallest absolute Gasteiger partial charge is 0.274 e. The lowest BCUT2D eigenvalue weighted by molar-refractivity contribution is 0.0948. The van der Waals surface area contributed by atoms with E-state index in [4.69, 9.17) is 20.8 Å². The molecule has 27 heavy (non-hydrogen) atoms. The highest BCUT2D eigenvalue weighted by molar-refractivity contribution is 6.31. The number of methoxy groups -OCH3 is 1. The molecule has 0 saturated carbocycles. The van der Waals surface area contributed by atoms with Gasteiger partial charge in [-0.3, -0.25) is 14.6 Å². The number of hydrogen-bond donors (Lipinski definition) is 2. The minimum atomic E-state index is -0.490. The molecule has 0 aliphatic heterocycles. The standard InChI is InChI=1S/C19H16ClN3O4/c1-26-17-5-4-13(20)10-15(17)23-19(25)16-9-12(6-7-21-16)18(24)22-11-14-3-2-8-27-14/h2-10H,11H2,1H3,(H,22,24)(H,23,25). The van der Waals surface area contributed by atoms with Gasteiger partial charge >= 0.3 is 0 Å². The van der Waals surface area contributed by atoms with E-state index in [-0.39, 0.29) is 18.1 Å². The largest absolute Gasteiger partial charge is 0.495 e. The Hall–Kier alpha value is -3.32. The van der Waals surface area contributed by atoms with Gasteiger partial charge in [0.1, 0.15) is 17.2 Å². The van der Waals surface area contributed by atoms with Crippen molar-refractivity contribution in [1.29, 1.82) is 0 Å². The average molecular weight is 386 g/mol. The number of halogens is 1. The Bertz CT molecular complexity index is 957. The summed E-state index contributed by atoms with van der Waals surface area (Å²) in [6.45, 7) is 0.245. The molecule has 0 aliphatic carbocycles. The Morgan fingerprint density at radius 1 is 1.19 bits per heavy atom. The maximum Gasteiger partial charge on any atom is 0.274 e. The van der Waals surface area contributed by atoms with Gasteiger partial charge in [-0.05, 0) is 42.5 Å². The van der Waals surface area contributed by atoms with Crippen LogP contribution in [0.1, 0.15) is 26.6 Å². The van der Waals surface area contributed by atoms with E-state index in [0.29, 0.717) is 27.8 Å². The second kappa shape index (κ2) is 8.37. The van der Waals surface area contributed by atoms with E-state index in [1.54, 1.807) is 30.3 Å². The SMILES string of the molecule is COc1ccc(Cl)cc1NC(=O)c1cc(C(=O)NCc2ccco2)ccn1. The molecule has 0 fully saturated rings. The Morgan fingerprint density at radius 2 is 2.04 bits per heavy atom. The molecular weight excluding hydrogens is 370 g/mol. The van der Waals surface area contributed by atoms with E-state index in [9.17, 15) is 9.59 Å². The second-order valence-corrected chi connectivity index (χ2v) is 5.93. The number of pyridine rings is 1. The van der Waals surface area contributed by atoms with E-state index in [1.165, 1.54) is 31.7 Å². The number of rotatable bonds is 6. The van der Waals surface area contributed by atoms with Gasteiger partial charge in [0, 0.05) is 16.8 Å². The Labute approximate surface area is 160 Å². The molecule has 7 nitrogen and oxygen atoms in total. The van der Waals surface area contributed by atoms with Gasteiger partial charge in [-0.25, -0.2) is 0 Å². The maximum absolute atomic E-state index is 12.5. The van der Waals surface area contributed by atoms with Crippen molar-refractivity contribution in [3.05, 3.63) is 77.0 Å². The topological polar surface area (TPSA) is 93.5 Å². The van der Waals surface area contributed by atoms with Crippen molar-refractivity contribution in [3.8, 4) is 5.75 Å². The normalized spacial score (nSPS) is 10.3. The molecule has 1 aromatic carbocycles. The molecule has 0 bridgehead atoms. The first-order chi connectivity index (χ1) is 13.1. The van der Waals surface area contributed by atoms with Crippen molar-refractivity contribution >= 4 is 29.1 Å². The van der Waals surface area contributed by atoms with Crippen LogP contribution in [0.5, 0.6) is 5.75 Å². The van der Waals surface area contributed by atoms with Crippen molar-refractivity contribution in [2.75, 3.05) is 12.4 Å². The number of aromatic nitrogens is 1. The van der Waals surface area contributed by atoms with Gasteiger partial charge in [0.25, 0.3) is 11.8 Å². The van der Waals surface area contributed by atoms with Crippen LogP contribution in [0, 0.1) is 0 Å². The van der Waals surface area contributed by atoms with Crippen LogP contribution in [0.25, 0.3) is 0 Å². The third kappa shape index (κ3) is 4.65. The fraction of sp³-hybridized carbons (Fsp3) is 0.105. The molecule has 0 radical (unpaired) electrons. The minimum Gasteiger partial charge on any atom is -0.495 e. The lowest BCUT2D eigenvalue weighted by atomic mass is 10.2. The minimum absolute atomic E-state index is 0.0858. The quantitative estimate of drug-likeness (QED) is 0.677. The molecule has 3 rings (SSSR count). The molecule has 2 aromatic heterocycles. The summed E-state index contributed by atoms with van der Waals surface area (Å²) in [5, 5.41) is 5.84.